The van der Waals surface area contributed by atoms with Gasteiger partial charge in [0.05, 0.1) is 16.7 Å². The van der Waals surface area contributed by atoms with Crippen molar-refractivity contribution in [3.63, 3.8) is 0 Å². The van der Waals surface area contributed by atoms with Crippen molar-refractivity contribution < 1.29 is 9.32 Å². The highest BCUT2D eigenvalue weighted by molar-refractivity contribution is 5.79. The number of aryl methyl sites for hydroxylation is 2. The van der Waals surface area contributed by atoms with Gasteiger partial charge in [0.1, 0.15) is 5.76 Å². The fourth-order valence-corrected chi connectivity index (χ4v) is 3.76. The Morgan fingerprint density at radius 2 is 2.07 bits per heavy atom. The fraction of sp³-hybridized carbons (Fsp3) is 0.450. The Morgan fingerprint density at radius 3 is 2.78 bits per heavy atom. The van der Waals surface area contributed by atoms with Crippen LogP contribution in [-0.4, -0.2) is 40.7 Å². The number of nitrogens with zero attached hydrogens (tertiary/aromatic N) is 3. The number of carbonyl (C=O) groups excluding carboxylic acids is 1. The van der Waals surface area contributed by atoms with Gasteiger partial charge in [-0.2, -0.15) is 0 Å². The van der Waals surface area contributed by atoms with Crippen LogP contribution >= 0.6 is 0 Å². The minimum atomic E-state index is 0.0651. The zero-order chi connectivity index (χ0) is 18.8. The summed E-state index contributed by atoms with van der Waals surface area (Å²) in [7, 11) is 0. The average Bonchev–Trinajstić information content (AvgIpc) is 3.26. The van der Waals surface area contributed by atoms with E-state index in [-0.39, 0.29) is 11.8 Å². The third-order valence-corrected chi connectivity index (χ3v) is 5.40. The van der Waals surface area contributed by atoms with Crippen molar-refractivity contribution >= 4 is 22.9 Å². The number of piperidine rings is 1. The van der Waals surface area contributed by atoms with Gasteiger partial charge in [-0.25, -0.2) is 4.98 Å². The molecular weight excluding hydrogens is 342 g/mol. The molecule has 0 bridgehead atoms. The van der Waals surface area contributed by atoms with Gasteiger partial charge in [0.2, 0.25) is 11.9 Å². The highest BCUT2D eigenvalue weighted by Crippen LogP contribution is 2.23. The number of hydrogen-bond acceptors (Lipinski definition) is 5. The first-order valence-corrected chi connectivity index (χ1v) is 9.51. The molecule has 3 heterocycles. The first-order chi connectivity index (χ1) is 13.1. The van der Waals surface area contributed by atoms with E-state index >= 15 is 0 Å². The Morgan fingerprint density at radius 1 is 1.30 bits per heavy atom. The van der Waals surface area contributed by atoms with Gasteiger partial charge in [-0.15, -0.1) is 0 Å². The number of fused-ring (bicyclic) bond motifs is 1. The third-order valence-electron chi connectivity index (χ3n) is 5.40. The van der Waals surface area contributed by atoms with E-state index in [1.54, 1.807) is 0 Å². The second-order valence-corrected chi connectivity index (χ2v) is 7.18. The zero-order valence-corrected chi connectivity index (χ0v) is 15.8. The molecule has 2 N–H and O–H groups in total. The van der Waals surface area contributed by atoms with Crippen LogP contribution in [0.25, 0.3) is 11.0 Å². The van der Waals surface area contributed by atoms with E-state index < -0.39 is 0 Å². The highest BCUT2D eigenvalue weighted by Gasteiger charge is 2.26. The summed E-state index contributed by atoms with van der Waals surface area (Å²) in [5.74, 6) is 1.94. The number of amides is 1. The predicted molar refractivity (Wildman–Crippen MR) is 104 cm³/mol. The standard InChI is InChI=1S/C20H25N5O2/c1-13-16(14(2)27-24-13)7-10-21-19(26)15-8-11-25(12-9-15)20-22-17-5-3-4-6-18(17)23-20/h3-6,15H,7-12H2,1-2H3,(H,21,26)(H,22,23). The number of nitrogens with one attached hydrogen (secondary N) is 2. The maximum Gasteiger partial charge on any atom is 0.223 e. The average molecular weight is 367 g/mol. The molecule has 3 aromatic rings. The van der Waals surface area contributed by atoms with Crippen LogP contribution in [0, 0.1) is 19.8 Å². The number of hydrogen-bond donors (Lipinski definition) is 2. The molecule has 1 aliphatic heterocycles. The number of rotatable bonds is 5. The normalized spacial score (nSPS) is 15.4. The summed E-state index contributed by atoms with van der Waals surface area (Å²) in [6.07, 6.45) is 2.44. The van der Waals surface area contributed by atoms with E-state index in [9.17, 15) is 4.79 Å². The SMILES string of the molecule is Cc1noc(C)c1CCNC(=O)C1CCN(c2nc3ccccc3[nH]2)CC1. The van der Waals surface area contributed by atoms with E-state index in [0.29, 0.717) is 6.54 Å². The van der Waals surface area contributed by atoms with E-state index in [0.717, 1.165) is 66.4 Å². The van der Waals surface area contributed by atoms with E-state index in [1.807, 2.05) is 38.1 Å². The number of H-pyrrole nitrogens is 1. The Kier molecular flexibility index (Phi) is 4.83. The first-order valence-electron chi connectivity index (χ1n) is 9.51. The van der Waals surface area contributed by atoms with Crippen LogP contribution in [0.3, 0.4) is 0 Å². The molecule has 1 amide bonds. The molecule has 0 spiro atoms. The van der Waals surface area contributed by atoms with Crippen molar-refractivity contribution in [3.8, 4) is 0 Å². The summed E-state index contributed by atoms with van der Waals surface area (Å²) in [6.45, 7) is 6.13. The minimum absolute atomic E-state index is 0.0651. The maximum atomic E-state index is 12.5. The Labute approximate surface area is 158 Å². The Bertz CT molecular complexity index is 884. The molecule has 0 unspecified atom stereocenters. The molecule has 2 aromatic heterocycles. The molecule has 27 heavy (non-hydrogen) atoms. The molecule has 0 saturated carbocycles. The molecular formula is C20H25N5O2. The number of para-hydroxylation sites is 2. The first kappa shape index (κ1) is 17.6. The number of aromatic amines is 1. The van der Waals surface area contributed by atoms with Crippen LogP contribution in [0.4, 0.5) is 5.95 Å². The summed E-state index contributed by atoms with van der Waals surface area (Å²) in [5, 5.41) is 7.03. The molecule has 1 aromatic carbocycles. The van der Waals surface area contributed by atoms with Gasteiger partial charge in [0, 0.05) is 31.1 Å². The number of carbonyl (C=O) groups is 1. The smallest absolute Gasteiger partial charge is 0.223 e. The Balaban J connectivity index is 1.27. The molecule has 1 aliphatic rings. The van der Waals surface area contributed by atoms with Gasteiger partial charge >= 0.3 is 0 Å². The molecule has 7 heteroatoms. The maximum absolute atomic E-state index is 12.5. The fourth-order valence-electron chi connectivity index (χ4n) is 3.76. The van der Waals surface area contributed by atoms with Crippen LogP contribution in [0.2, 0.25) is 0 Å². The molecule has 0 atom stereocenters. The van der Waals surface area contributed by atoms with Gasteiger partial charge in [0.25, 0.3) is 0 Å². The second-order valence-electron chi connectivity index (χ2n) is 7.18. The lowest BCUT2D eigenvalue weighted by Crippen LogP contribution is -2.41. The van der Waals surface area contributed by atoms with Gasteiger partial charge in [-0.1, -0.05) is 17.3 Å². The van der Waals surface area contributed by atoms with Gasteiger partial charge in [-0.05, 0) is 45.2 Å². The van der Waals surface area contributed by atoms with Crippen molar-refractivity contribution in [2.45, 2.75) is 33.1 Å². The van der Waals surface area contributed by atoms with Gasteiger partial charge in [-0.3, -0.25) is 4.79 Å². The molecule has 1 saturated heterocycles. The van der Waals surface area contributed by atoms with Crippen LogP contribution in [0.15, 0.2) is 28.8 Å². The van der Waals surface area contributed by atoms with Crippen LogP contribution < -0.4 is 10.2 Å². The minimum Gasteiger partial charge on any atom is -0.361 e. The highest BCUT2D eigenvalue weighted by atomic mass is 16.5. The van der Waals surface area contributed by atoms with E-state index in [1.165, 1.54) is 0 Å². The lowest BCUT2D eigenvalue weighted by Gasteiger charge is -2.31. The van der Waals surface area contributed by atoms with Crippen molar-refractivity contribution in [1.29, 1.82) is 0 Å². The molecule has 0 radical (unpaired) electrons. The largest absolute Gasteiger partial charge is 0.361 e. The van der Waals surface area contributed by atoms with E-state index in [4.69, 9.17) is 4.52 Å². The summed E-state index contributed by atoms with van der Waals surface area (Å²) in [4.78, 5) is 22.7. The van der Waals surface area contributed by atoms with Gasteiger partial charge < -0.3 is 19.7 Å². The topological polar surface area (TPSA) is 87.1 Å². The van der Waals surface area contributed by atoms with Crippen LogP contribution in [-0.2, 0) is 11.2 Å². The predicted octanol–water partition coefficient (Wildman–Crippen LogP) is 2.74. The number of aromatic nitrogens is 3. The summed E-state index contributed by atoms with van der Waals surface area (Å²) >= 11 is 0. The summed E-state index contributed by atoms with van der Waals surface area (Å²) in [5.41, 5.74) is 4.02. The Hall–Kier alpha value is -2.83. The summed E-state index contributed by atoms with van der Waals surface area (Å²) < 4.78 is 5.17. The van der Waals surface area contributed by atoms with E-state index in [2.05, 4.69) is 25.3 Å². The van der Waals surface area contributed by atoms with Crippen molar-refractivity contribution in [1.82, 2.24) is 20.4 Å². The third kappa shape index (κ3) is 3.67. The number of imidazole rings is 1. The van der Waals surface area contributed by atoms with Crippen LogP contribution in [0.5, 0.6) is 0 Å². The van der Waals surface area contributed by atoms with Crippen molar-refractivity contribution in [2.24, 2.45) is 5.92 Å². The molecule has 142 valence electrons. The lowest BCUT2D eigenvalue weighted by molar-refractivity contribution is -0.125. The second kappa shape index (κ2) is 7.42. The molecule has 1 fully saturated rings. The van der Waals surface area contributed by atoms with Gasteiger partial charge in [0.15, 0.2) is 0 Å². The quantitative estimate of drug-likeness (QED) is 0.724. The number of anilines is 1. The molecule has 4 rings (SSSR count). The summed E-state index contributed by atoms with van der Waals surface area (Å²) in [6, 6.07) is 8.04. The van der Waals surface area contributed by atoms with Crippen LogP contribution in [0.1, 0.15) is 29.9 Å². The monoisotopic (exact) mass is 367 g/mol. The molecule has 7 nitrogen and oxygen atoms in total. The lowest BCUT2D eigenvalue weighted by atomic mass is 9.96. The number of benzene rings is 1. The van der Waals surface area contributed by atoms with Crippen molar-refractivity contribution in [2.75, 3.05) is 24.5 Å². The zero-order valence-electron chi connectivity index (χ0n) is 15.8. The van der Waals surface area contributed by atoms with Crippen molar-refractivity contribution in [3.05, 3.63) is 41.3 Å². The molecule has 0 aliphatic carbocycles.